The van der Waals surface area contributed by atoms with E-state index in [9.17, 15) is 0 Å². The van der Waals surface area contributed by atoms with Crippen LogP contribution in [0.2, 0.25) is 0 Å². The number of thiophene rings is 1. The van der Waals surface area contributed by atoms with Gasteiger partial charge in [-0.1, -0.05) is 38.3 Å². The van der Waals surface area contributed by atoms with Gasteiger partial charge in [0.1, 0.15) is 0 Å². The molecular formula is C14H23BO2S. The third-order valence-electron chi connectivity index (χ3n) is 4.08. The standard InChI is InChI=1S/C14H23BO2S/c1-5-6-7-10-14(4)13(2,3)16-15(17-14)12-9-8-11-18-12/h8-9,11H,5-7,10H2,1-4H3. The number of rotatable bonds is 5. The molecule has 0 amide bonds. The van der Waals surface area contributed by atoms with Crippen molar-refractivity contribution in [3.63, 3.8) is 0 Å². The van der Waals surface area contributed by atoms with E-state index in [1.165, 1.54) is 24.0 Å². The Hall–Kier alpha value is -0.315. The monoisotopic (exact) mass is 266 g/mol. The summed E-state index contributed by atoms with van der Waals surface area (Å²) in [5.41, 5.74) is -0.410. The summed E-state index contributed by atoms with van der Waals surface area (Å²) in [7, 11) is -0.188. The molecule has 0 aromatic carbocycles. The topological polar surface area (TPSA) is 18.5 Å². The molecule has 18 heavy (non-hydrogen) atoms. The third-order valence-corrected chi connectivity index (χ3v) is 4.97. The van der Waals surface area contributed by atoms with E-state index in [0.29, 0.717) is 0 Å². The van der Waals surface area contributed by atoms with Crippen molar-refractivity contribution in [2.45, 2.75) is 64.6 Å². The van der Waals surface area contributed by atoms with E-state index < -0.39 is 0 Å². The molecule has 1 aromatic heterocycles. The second kappa shape index (κ2) is 5.36. The lowest BCUT2D eigenvalue weighted by molar-refractivity contribution is -0.0171. The summed E-state index contributed by atoms with van der Waals surface area (Å²) in [4.78, 5) is 0. The van der Waals surface area contributed by atoms with E-state index in [-0.39, 0.29) is 18.3 Å². The highest BCUT2D eigenvalue weighted by Crippen LogP contribution is 2.40. The third kappa shape index (κ3) is 2.66. The molecule has 4 heteroatoms. The highest BCUT2D eigenvalue weighted by atomic mass is 32.1. The first-order valence-corrected chi connectivity index (χ1v) is 7.75. The van der Waals surface area contributed by atoms with Crippen molar-refractivity contribution in [2.75, 3.05) is 0 Å². The van der Waals surface area contributed by atoms with Crippen LogP contribution in [-0.2, 0) is 9.31 Å². The van der Waals surface area contributed by atoms with Gasteiger partial charge >= 0.3 is 7.12 Å². The molecule has 0 bridgehead atoms. The fourth-order valence-electron chi connectivity index (χ4n) is 2.41. The maximum atomic E-state index is 6.24. The number of hydrogen-bond donors (Lipinski definition) is 0. The maximum absolute atomic E-state index is 6.24. The van der Waals surface area contributed by atoms with Crippen LogP contribution in [0, 0.1) is 0 Å². The average molecular weight is 266 g/mol. The van der Waals surface area contributed by atoms with Crippen molar-refractivity contribution < 1.29 is 9.31 Å². The summed E-state index contributed by atoms with van der Waals surface area (Å²) in [6, 6.07) is 4.13. The van der Waals surface area contributed by atoms with Gasteiger partial charge in [0.25, 0.3) is 0 Å². The van der Waals surface area contributed by atoms with Crippen LogP contribution in [0.25, 0.3) is 0 Å². The minimum absolute atomic E-state index is 0.184. The Labute approximate surface area is 115 Å². The molecule has 2 nitrogen and oxygen atoms in total. The zero-order valence-corrected chi connectivity index (χ0v) is 12.7. The van der Waals surface area contributed by atoms with Crippen LogP contribution in [0.5, 0.6) is 0 Å². The van der Waals surface area contributed by atoms with Gasteiger partial charge in [-0.3, -0.25) is 0 Å². The molecule has 0 aliphatic carbocycles. The molecule has 1 fully saturated rings. The van der Waals surface area contributed by atoms with Crippen molar-refractivity contribution in [3.05, 3.63) is 17.5 Å². The predicted octanol–water partition coefficient (Wildman–Crippen LogP) is 3.61. The van der Waals surface area contributed by atoms with Crippen LogP contribution in [0.15, 0.2) is 17.5 Å². The van der Waals surface area contributed by atoms with Crippen molar-refractivity contribution >= 4 is 23.2 Å². The van der Waals surface area contributed by atoms with Crippen molar-refractivity contribution in [1.82, 2.24) is 0 Å². The lowest BCUT2D eigenvalue weighted by atomic mass is 9.83. The van der Waals surface area contributed by atoms with Gasteiger partial charge in [-0.2, -0.15) is 11.3 Å². The SMILES string of the molecule is CCCCCC1(C)OB(c2cccs2)OC1(C)C. The Kier molecular flexibility index (Phi) is 4.20. The van der Waals surface area contributed by atoms with E-state index >= 15 is 0 Å². The Bertz CT molecular complexity index is 377. The van der Waals surface area contributed by atoms with Crippen LogP contribution in [-0.4, -0.2) is 18.3 Å². The van der Waals surface area contributed by atoms with Gasteiger partial charge in [0.05, 0.1) is 11.2 Å². The summed E-state index contributed by atoms with van der Waals surface area (Å²) in [6.07, 6.45) is 4.77. The Balaban J connectivity index is 2.07. The van der Waals surface area contributed by atoms with Gasteiger partial charge in [-0.25, -0.2) is 0 Å². The second-order valence-electron chi connectivity index (χ2n) is 5.78. The number of hydrogen-bond acceptors (Lipinski definition) is 3. The predicted molar refractivity (Wildman–Crippen MR) is 78.5 cm³/mol. The first-order chi connectivity index (χ1) is 8.48. The summed E-state index contributed by atoms with van der Waals surface area (Å²) in [5.74, 6) is 0. The molecule has 1 aliphatic heterocycles. The lowest BCUT2D eigenvalue weighted by Crippen LogP contribution is -2.44. The van der Waals surface area contributed by atoms with E-state index in [2.05, 4.69) is 39.1 Å². The maximum Gasteiger partial charge on any atom is 0.505 e. The minimum atomic E-state index is -0.227. The molecule has 100 valence electrons. The van der Waals surface area contributed by atoms with Crippen LogP contribution in [0.1, 0.15) is 53.4 Å². The van der Waals surface area contributed by atoms with Gasteiger partial charge in [0.2, 0.25) is 0 Å². The molecule has 2 rings (SSSR count). The van der Waals surface area contributed by atoms with Gasteiger partial charge < -0.3 is 9.31 Å². The van der Waals surface area contributed by atoms with E-state index in [1.807, 2.05) is 6.07 Å². The van der Waals surface area contributed by atoms with Crippen molar-refractivity contribution in [3.8, 4) is 0 Å². The molecule has 1 unspecified atom stereocenters. The van der Waals surface area contributed by atoms with E-state index in [0.717, 1.165) is 6.42 Å². The molecule has 1 atom stereocenters. The summed E-state index contributed by atoms with van der Waals surface area (Å²) in [5, 5.41) is 2.07. The van der Waals surface area contributed by atoms with Crippen LogP contribution < -0.4 is 4.78 Å². The first kappa shape index (κ1) is 14.1. The molecular weight excluding hydrogens is 243 g/mol. The second-order valence-corrected chi connectivity index (χ2v) is 6.76. The zero-order chi connectivity index (χ0) is 13.2. The quantitative estimate of drug-likeness (QED) is 0.598. The first-order valence-electron chi connectivity index (χ1n) is 6.87. The fourth-order valence-corrected chi connectivity index (χ4v) is 3.09. The highest BCUT2D eigenvalue weighted by molar-refractivity contribution is 7.20. The van der Waals surface area contributed by atoms with Gasteiger partial charge in [-0.05, 0) is 32.6 Å². The molecule has 0 saturated carbocycles. The fraction of sp³-hybridized carbons (Fsp3) is 0.714. The smallest absolute Gasteiger partial charge is 0.399 e. The van der Waals surface area contributed by atoms with Gasteiger partial charge in [0, 0.05) is 4.78 Å². The minimum Gasteiger partial charge on any atom is -0.399 e. The van der Waals surface area contributed by atoms with E-state index in [1.54, 1.807) is 11.3 Å². The molecule has 0 spiro atoms. The van der Waals surface area contributed by atoms with Crippen LogP contribution >= 0.6 is 11.3 Å². The normalized spacial score (nSPS) is 26.8. The number of unbranched alkanes of at least 4 members (excludes halogenated alkanes) is 2. The summed E-state index contributed by atoms with van der Waals surface area (Å²) in [6.45, 7) is 8.71. The van der Waals surface area contributed by atoms with Crippen LogP contribution in [0.3, 0.4) is 0 Å². The molecule has 0 N–H and O–H groups in total. The molecule has 2 heterocycles. The van der Waals surface area contributed by atoms with Crippen molar-refractivity contribution in [2.24, 2.45) is 0 Å². The lowest BCUT2D eigenvalue weighted by Gasteiger charge is -2.36. The molecule has 1 saturated heterocycles. The molecule has 1 aliphatic rings. The Morgan fingerprint density at radius 3 is 2.61 bits per heavy atom. The Morgan fingerprint density at radius 1 is 1.22 bits per heavy atom. The molecule has 1 aromatic rings. The van der Waals surface area contributed by atoms with Gasteiger partial charge in [0.15, 0.2) is 0 Å². The largest absolute Gasteiger partial charge is 0.505 e. The zero-order valence-electron chi connectivity index (χ0n) is 11.9. The van der Waals surface area contributed by atoms with E-state index in [4.69, 9.17) is 9.31 Å². The summed E-state index contributed by atoms with van der Waals surface area (Å²) < 4.78 is 13.5. The van der Waals surface area contributed by atoms with Crippen LogP contribution in [0.4, 0.5) is 0 Å². The van der Waals surface area contributed by atoms with Crippen molar-refractivity contribution in [1.29, 1.82) is 0 Å². The average Bonchev–Trinajstić information content (AvgIpc) is 2.87. The highest BCUT2D eigenvalue weighted by Gasteiger charge is 2.54. The van der Waals surface area contributed by atoms with Gasteiger partial charge in [-0.15, -0.1) is 0 Å². The molecule has 0 radical (unpaired) electrons. The Morgan fingerprint density at radius 2 is 2.00 bits per heavy atom. The summed E-state index contributed by atoms with van der Waals surface area (Å²) >= 11 is 1.70.